The van der Waals surface area contributed by atoms with Crippen LogP contribution in [0.2, 0.25) is 0 Å². The number of aromatic nitrogens is 3. The molecule has 0 bridgehead atoms. The summed E-state index contributed by atoms with van der Waals surface area (Å²) in [4.78, 5) is 12.7. The van der Waals surface area contributed by atoms with Gasteiger partial charge in [0.25, 0.3) is 5.91 Å². The third-order valence-electron chi connectivity index (χ3n) is 6.34. The molecule has 1 aliphatic carbocycles. The average molecular weight is 384 g/mol. The number of amides is 1. The highest BCUT2D eigenvalue weighted by Crippen LogP contribution is 2.31. The number of carbonyl (C=O) groups excluding carboxylic acids is 1. The van der Waals surface area contributed by atoms with Crippen LogP contribution >= 0.6 is 12.4 Å². The molecule has 2 N–H and O–H groups in total. The number of halogens is 1. The van der Waals surface area contributed by atoms with E-state index in [4.69, 9.17) is 0 Å². The summed E-state index contributed by atoms with van der Waals surface area (Å²) in [5.74, 6) is 1.16. The van der Waals surface area contributed by atoms with E-state index in [-0.39, 0.29) is 24.4 Å². The minimum absolute atomic E-state index is 0. The van der Waals surface area contributed by atoms with Crippen molar-refractivity contribution >= 4 is 18.3 Å². The molecule has 7 heteroatoms. The molecular formula is C19H34ClN5O. The fourth-order valence-corrected chi connectivity index (χ4v) is 4.42. The average Bonchev–Trinajstić information content (AvgIpc) is 3.04. The second-order valence-corrected chi connectivity index (χ2v) is 7.97. The molecule has 1 aliphatic heterocycles. The number of nitrogens with zero attached hydrogens (tertiary/aromatic N) is 3. The minimum Gasteiger partial charge on any atom is -0.348 e. The Morgan fingerprint density at radius 1 is 1.15 bits per heavy atom. The second-order valence-electron chi connectivity index (χ2n) is 7.97. The highest BCUT2D eigenvalue weighted by Gasteiger charge is 2.28. The van der Waals surface area contributed by atoms with Gasteiger partial charge in [0.15, 0.2) is 5.69 Å². The number of rotatable bonds is 5. The molecule has 0 radical (unpaired) electrons. The van der Waals surface area contributed by atoms with E-state index in [1.54, 1.807) is 0 Å². The van der Waals surface area contributed by atoms with Crippen molar-refractivity contribution in [3.8, 4) is 0 Å². The molecule has 2 aliphatic rings. The molecule has 1 amide bonds. The quantitative estimate of drug-likeness (QED) is 0.818. The molecule has 0 aromatic carbocycles. The Kier molecular flexibility index (Phi) is 7.89. The summed E-state index contributed by atoms with van der Waals surface area (Å²) in [6.45, 7) is 8.37. The number of nitrogens with one attached hydrogen (secondary N) is 2. The summed E-state index contributed by atoms with van der Waals surface area (Å²) in [6, 6.07) is 0.521. The predicted octanol–water partition coefficient (Wildman–Crippen LogP) is 3.27. The van der Waals surface area contributed by atoms with Gasteiger partial charge in [-0.15, -0.1) is 17.5 Å². The van der Waals surface area contributed by atoms with E-state index in [0.717, 1.165) is 37.5 Å². The third-order valence-corrected chi connectivity index (χ3v) is 6.34. The van der Waals surface area contributed by atoms with Crippen LogP contribution in [0.15, 0.2) is 0 Å². The molecule has 1 aromatic heterocycles. The number of hydrogen-bond donors (Lipinski definition) is 2. The summed E-state index contributed by atoms with van der Waals surface area (Å²) >= 11 is 0. The maximum atomic E-state index is 12.7. The van der Waals surface area contributed by atoms with Crippen LogP contribution in [-0.4, -0.2) is 40.0 Å². The maximum Gasteiger partial charge on any atom is 0.273 e. The lowest BCUT2D eigenvalue weighted by Gasteiger charge is -2.32. The fraction of sp³-hybridized carbons (Fsp3) is 0.842. The first-order chi connectivity index (χ1) is 12.1. The molecule has 1 saturated heterocycles. The Morgan fingerprint density at radius 2 is 1.81 bits per heavy atom. The van der Waals surface area contributed by atoms with Gasteiger partial charge in [0.1, 0.15) is 0 Å². The fourth-order valence-electron chi connectivity index (χ4n) is 4.42. The minimum atomic E-state index is -0.0761. The van der Waals surface area contributed by atoms with Crippen LogP contribution in [0.25, 0.3) is 0 Å². The van der Waals surface area contributed by atoms with Crippen molar-refractivity contribution in [1.82, 2.24) is 25.6 Å². The van der Waals surface area contributed by atoms with Gasteiger partial charge in [-0.2, -0.15) is 0 Å². The molecule has 2 atom stereocenters. The van der Waals surface area contributed by atoms with Crippen molar-refractivity contribution in [3.63, 3.8) is 0 Å². The summed E-state index contributed by atoms with van der Waals surface area (Å²) in [6.07, 6.45) is 8.71. The smallest absolute Gasteiger partial charge is 0.273 e. The van der Waals surface area contributed by atoms with Gasteiger partial charge in [-0.05, 0) is 51.6 Å². The SMILES string of the molecule is Cc1c(C(=O)NC(C)C(C)C2CCCCC2)nnn1C1CCNCC1.Cl. The van der Waals surface area contributed by atoms with E-state index in [1.165, 1.54) is 32.1 Å². The van der Waals surface area contributed by atoms with Crippen molar-refractivity contribution in [2.45, 2.75) is 77.8 Å². The van der Waals surface area contributed by atoms with Gasteiger partial charge in [-0.25, -0.2) is 4.68 Å². The topological polar surface area (TPSA) is 71.8 Å². The van der Waals surface area contributed by atoms with Gasteiger partial charge < -0.3 is 10.6 Å². The van der Waals surface area contributed by atoms with Gasteiger partial charge in [0.05, 0.1) is 11.7 Å². The van der Waals surface area contributed by atoms with Crippen LogP contribution in [0.3, 0.4) is 0 Å². The first kappa shape index (κ1) is 21.2. The molecular weight excluding hydrogens is 350 g/mol. The van der Waals surface area contributed by atoms with Gasteiger partial charge in [-0.1, -0.05) is 44.2 Å². The van der Waals surface area contributed by atoms with Crippen LogP contribution in [0.5, 0.6) is 0 Å². The Hall–Kier alpha value is -1.14. The van der Waals surface area contributed by atoms with E-state index in [1.807, 2.05) is 11.6 Å². The lowest BCUT2D eigenvalue weighted by atomic mass is 9.78. The largest absolute Gasteiger partial charge is 0.348 e. The Morgan fingerprint density at radius 3 is 2.46 bits per heavy atom. The predicted molar refractivity (Wildman–Crippen MR) is 106 cm³/mol. The van der Waals surface area contributed by atoms with Crippen LogP contribution in [0.4, 0.5) is 0 Å². The van der Waals surface area contributed by atoms with Gasteiger partial charge in [0, 0.05) is 6.04 Å². The lowest BCUT2D eigenvalue weighted by Crippen LogP contribution is -2.40. The van der Waals surface area contributed by atoms with Crippen molar-refractivity contribution in [1.29, 1.82) is 0 Å². The first-order valence-electron chi connectivity index (χ1n) is 10.0. The number of carbonyl (C=O) groups is 1. The molecule has 1 aromatic rings. The normalized spacial score (nSPS) is 21.7. The summed E-state index contributed by atoms with van der Waals surface area (Å²) in [7, 11) is 0. The highest BCUT2D eigenvalue weighted by atomic mass is 35.5. The zero-order chi connectivity index (χ0) is 17.8. The summed E-state index contributed by atoms with van der Waals surface area (Å²) < 4.78 is 1.95. The molecule has 2 fully saturated rings. The molecule has 26 heavy (non-hydrogen) atoms. The monoisotopic (exact) mass is 383 g/mol. The zero-order valence-electron chi connectivity index (χ0n) is 16.3. The maximum absolute atomic E-state index is 12.7. The Labute approximate surface area is 163 Å². The van der Waals surface area contributed by atoms with Gasteiger partial charge in [0.2, 0.25) is 0 Å². The van der Waals surface area contributed by atoms with Crippen LogP contribution in [-0.2, 0) is 0 Å². The number of piperidine rings is 1. The van der Waals surface area contributed by atoms with E-state index in [9.17, 15) is 4.79 Å². The van der Waals surface area contributed by atoms with Crippen molar-refractivity contribution < 1.29 is 4.79 Å². The first-order valence-corrected chi connectivity index (χ1v) is 10.0. The molecule has 2 unspecified atom stereocenters. The number of hydrogen-bond acceptors (Lipinski definition) is 4. The van der Waals surface area contributed by atoms with Crippen molar-refractivity contribution in [2.75, 3.05) is 13.1 Å². The van der Waals surface area contributed by atoms with Gasteiger partial charge >= 0.3 is 0 Å². The third kappa shape index (κ3) is 4.77. The molecule has 0 spiro atoms. The summed E-state index contributed by atoms with van der Waals surface area (Å²) in [5, 5.41) is 15.0. The van der Waals surface area contributed by atoms with Crippen LogP contribution in [0.1, 0.15) is 81.0 Å². The lowest BCUT2D eigenvalue weighted by molar-refractivity contribution is 0.0906. The Balaban J connectivity index is 0.00000243. The van der Waals surface area contributed by atoms with E-state index < -0.39 is 0 Å². The molecule has 3 rings (SSSR count). The van der Waals surface area contributed by atoms with Crippen LogP contribution in [0, 0.1) is 18.8 Å². The molecule has 6 nitrogen and oxygen atoms in total. The van der Waals surface area contributed by atoms with E-state index in [2.05, 4.69) is 34.8 Å². The second kappa shape index (κ2) is 9.70. The molecule has 148 valence electrons. The standard InChI is InChI=1S/C19H33N5O.ClH/c1-13(16-7-5-4-6-8-16)14(2)21-19(25)18-15(3)24(23-22-18)17-9-11-20-12-10-17;/h13-14,16-17,20H,4-12H2,1-3H3,(H,21,25);1H. The van der Waals surface area contributed by atoms with Crippen molar-refractivity contribution in [3.05, 3.63) is 11.4 Å². The van der Waals surface area contributed by atoms with E-state index >= 15 is 0 Å². The highest BCUT2D eigenvalue weighted by molar-refractivity contribution is 5.93. The molecule has 2 heterocycles. The van der Waals surface area contributed by atoms with E-state index in [0.29, 0.717) is 17.7 Å². The Bertz CT molecular complexity index is 578. The van der Waals surface area contributed by atoms with Crippen LogP contribution < -0.4 is 10.6 Å². The van der Waals surface area contributed by atoms with Crippen molar-refractivity contribution in [2.24, 2.45) is 11.8 Å². The van der Waals surface area contributed by atoms with Gasteiger partial charge in [-0.3, -0.25) is 4.79 Å². The summed E-state index contributed by atoms with van der Waals surface area (Å²) in [5.41, 5.74) is 1.38. The molecule has 1 saturated carbocycles. The zero-order valence-corrected chi connectivity index (χ0v) is 17.1.